The summed E-state index contributed by atoms with van der Waals surface area (Å²) in [6.07, 6.45) is 55.2. The molecule has 0 fully saturated rings. The highest BCUT2D eigenvalue weighted by Crippen LogP contribution is 2.43. The summed E-state index contributed by atoms with van der Waals surface area (Å²) in [6.45, 7) is 4.07. The zero-order chi connectivity index (χ0) is 43.9. The summed E-state index contributed by atoms with van der Waals surface area (Å²) in [4.78, 5) is 35.2. The third kappa shape index (κ3) is 45.0. The topological polar surface area (TPSA) is 120 Å². The standard InChI is InChI=1S/C50H88NO8P/c1-4-6-8-10-12-14-16-18-20-22-24-26-28-30-32-34-36-38-40-42-49(52)56-46-48(47-58-60(54,55)57-45-44-51-3)59-50(53)43-41-39-37-35-33-31-29-27-25-23-21-19-17-15-13-11-9-7-5-2/h7,9,13,15,18-21,25,27,31,33,48,51H,4-6,8,10-12,14,16-17,22-24,26,28-30,32,34-47H2,1-3H3,(H,54,55)/b9-7-,15-13-,20-18-,21-19-,27-25-,33-31-. The van der Waals surface area contributed by atoms with E-state index in [0.29, 0.717) is 13.0 Å². The van der Waals surface area contributed by atoms with Crippen LogP contribution in [0.2, 0.25) is 0 Å². The fraction of sp³-hybridized carbons (Fsp3) is 0.720. The fourth-order valence-electron chi connectivity index (χ4n) is 6.22. The van der Waals surface area contributed by atoms with E-state index in [-0.39, 0.29) is 32.0 Å². The molecule has 0 aliphatic rings. The fourth-order valence-corrected chi connectivity index (χ4v) is 6.97. The van der Waals surface area contributed by atoms with E-state index in [9.17, 15) is 19.0 Å². The number of carbonyl (C=O) groups is 2. The van der Waals surface area contributed by atoms with Gasteiger partial charge in [0, 0.05) is 19.4 Å². The molecule has 2 atom stereocenters. The Morgan fingerprint density at radius 3 is 1.45 bits per heavy atom. The molecule has 0 rings (SSSR count). The summed E-state index contributed by atoms with van der Waals surface area (Å²) < 4.78 is 33.2. The molecule has 0 saturated carbocycles. The van der Waals surface area contributed by atoms with Gasteiger partial charge in [-0.25, -0.2) is 4.57 Å². The van der Waals surface area contributed by atoms with Gasteiger partial charge >= 0.3 is 19.8 Å². The number of hydrogen-bond donors (Lipinski definition) is 2. The van der Waals surface area contributed by atoms with Crippen LogP contribution in [0.1, 0.15) is 194 Å². The number of ether oxygens (including phenoxy) is 2. The van der Waals surface area contributed by atoms with Crippen molar-refractivity contribution in [3.8, 4) is 0 Å². The Balaban J connectivity index is 4.24. The van der Waals surface area contributed by atoms with Crippen LogP contribution in [0.25, 0.3) is 0 Å². The molecular formula is C50H88NO8P. The highest BCUT2D eigenvalue weighted by molar-refractivity contribution is 7.47. The molecule has 0 spiro atoms. The molecule has 0 aromatic carbocycles. The number of nitrogens with one attached hydrogen (secondary N) is 1. The van der Waals surface area contributed by atoms with Crippen LogP contribution in [0.4, 0.5) is 0 Å². The highest BCUT2D eigenvalue weighted by atomic mass is 31.2. The van der Waals surface area contributed by atoms with E-state index in [1.54, 1.807) is 7.05 Å². The van der Waals surface area contributed by atoms with Crippen LogP contribution >= 0.6 is 7.82 Å². The van der Waals surface area contributed by atoms with Crippen molar-refractivity contribution in [3.05, 3.63) is 72.9 Å². The third-order valence-corrected chi connectivity index (χ3v) is 10.8. The van der Waals surface area contributed by atoms with Gasteiger partial charge in [0.1, 0.15) is 6.61 Å². The lowest BCUT2D eigenvalue weighted by atomic mass is 10.1. The molecule has 0 aromatic rings. The molecular weight excluding hydrogens is 774 g/mol. The monoisotopic (exact) mass is 862 g/mol. The molecule has 0 bridgehead atoms. The number of esters is 2. The molecule has 10 heteroatoms. The largest absolute Gasteiger partial charge is 0.472 e. The summed E-state index contributed by atoms with van der Waals surface area (Å²) >= 11 is 0. The lowest BCUT2D eigenvalue weighted by Gasteiger charge is -2.20. The Kier molecular flexibility index (Phi) is 44.0. The van der Waals surface area contributed by atoms with Gasteiger partial charge in [0.2, 0.25) is 0 Å². The predicted molar refractivity (Wildman–Crippen MR) is 252 cm³/mol. The van der Waals surface area contributed by atoms with E-state index >= 15 is 0 Å². The van der Waals surface area contributed by atoms with E-state index in [2.05, 4.69) is 92.1 Å². The number of rotatable bonds is 44. The van der Waals surface area contributed by atoms with Crippen LogP contribution in [-0.2, 0) is 32.7 Å². The smallest absolute Gasteiger partial charge is 0.462 e. The van der Waals surface area contributed by atoms with Gasteiger partial charge in [0.25, 0.3) is 0 Å². The number of likely N-dealkylation sites (N-methyl/N-ethyl adjacent to an activating group) is 1. The third-order valence-electron chi connectivity index (χ3n) is 9.81. The molecule has 9 nitrogen and oxygen atoms in total. The first-order valence-corrected chi connectivity index (χ1v) is 25.4. The Morgan fingerprint density at radius 2 is 0.950 bits per heavy atom. The molecule has 2 N–H and O–H groups in total. The van der Waals surface area contributed by atoms with Gasteiger partial charge in [-0.05, 0) is 90.5 Å². The Hall–Kier alpha value is -2.55. The van der Waals surface area contributed by atoms with E-state index < -0.39 is 26.5 Å². The van der Waals surface area contributed by atoms with Crippen molar-refractivity contribution < 1.29 is 37.6 Å². The quantitative estimate of drug-likeness (QED) is 0.0267. The van der Waals surface area contributed by atoms with Crippen LogP contribution in [-0.4, -0.2) is 56.3 Å². The lowest BCUT2D eigenvalue weighted by molar-refractivity contribution is -0.161. The molecule has 60 heavy (non-hydrogen) atoms. The van der Waals surface area contributed by atoms with Gasteiger partial charge in [-0.3, -0.25) is 18.6 Å². The maximum atomic E-state index is 12.7. The first-order chi connectivity index (χ1) is 29.3. The van der Waals surface area contributed by atoms with E-state index in [4.69, 9.17) is 18.5 Å². The molecule has 0 aliphatic carbocycles. The van der Waals surface area contributed by atoms with E-state index in [1.807, 2.05) is 0 Å². The molecule has 0 aliphatic heterocycles. The molecule has 0 saturated heterocycles. The van der Waals surface area contributed by atoms with Gasteiger partial charge in [-0.15, -0.1) is 0 Å². The number of unbranched alkanes of at least 4 members (excludes halogenated alkanes) is 18. The minimum absolute atomic E-state index is 0.0272. The first kappa shape index (κ1) is 57.4. The zero-order valence-electron chi connectivity index (χ0n) is 38.4. The maximum Gasteiger partial charge on any atom is 0.472 e. The summed E-state index contributed by atoms with van der Waals surface area (Å²) in [5.74, 6) is -0.849. The second-order valence-corrected chi connectivity index (χ2v) is 17.0. The number of hydrogen-bond acceptors (Lipinski definition) is 8. The molecule has 0 amide bonds. The Morgan fingerprint density at radius 1 is 0.533 bits per heavy atom. The predicted octanol–water partition coefficient (Wildman–Crippen LogP) is 14.1. The van der Waals surface area contributed by atoms with Gasteiger partial charge in [0.05, 0.1) is 13.2 Å². The van der Waals surface area contributed by atoms with Gasteiger partial charge in [-0.1, -0.05) is 170 Å². The van der Waals surface area contributed by atoms with Crippen molar-refractivity contribution in [2.24, 2.45) is 0 Å². The highest BCUT2D eigenvalue weighted by Gasteiger charge is 2.26. The van der Waals surface area contributed by atoms with Crippen molar-refractivity contribution in [2.75, 3.05) is 33.4 Å². The summed E-state index contributed by atoms with van der Waals surface area (Å²) in [6, 6.07) is 0. The van der Waals surface area contributed by atoms with Crippen molar-refractivity contribution >= 4 is 19.8 Å². The average molecular weight is 862 g/mol. The van der Waals surface area contributed by atoms with Crippen molar-refractivity contribution in [1.29, 1.82) is 0 Å². The lowest BCUT2D eigenvalue weighted by Crippen LogP contribution is -2.29. The number of phosphoric ester groups is 1. The number of allylic oxidation sites excluding steroid dienone is 12. The maximum absolute atomic E-state index is 12.7. The molecule has 2 unspecified atom stereocenters. The minimum atomic E-state index is -4.37. The summed E-state index contributed by atoms with van der Waals surface area (Å²) in [5.41, 5.74) is 0. The SMILES string of the molecule is CC/C=C\C/C=C\C/C=C\C/C=C\C/C=C\CCCCCC(=O)OC(COC(=O)CCCCCCCCCCC/C=C\CCCCCCCC)COP(=O)(O)OCCNC. The number of carbonyl (C=O) groups excluding carboxylic acids is 2. The molecule has 0 aromatic heterocycles. The number of phosphoric acid groups is 1. The average Bonchev–Trinajstić information content (AvgIpc) is 3.23. The molecule has 0 radical (unpaired) electrons. The van der Waals surface area contributed by atoms with Crippen LogP contribution in [0.3, 0.4) is 0 Å². The van der Waals surface area contributed by atoms with Gasteiger partial charge in [-0.2, -0.15) is 0 Å². The van der Waals surface area contributed by atoms with Crippen molar-refractivity contribution in [3.63, 3.8) is 0 Å². The minimum Gasteiger partial charge on any atom is -0.462 e. The first-order valence-electron chi connectivity index (χ1n) is 23.9. The van der Waals surface area contributed by atoms with E-state index in [0.717, 1.165) is 70.6 Å². The Bertz CT molecular complexity index is 1210. The van der Waals surface area contributed by atoms with Crippen LogP contribution in [0, 0.1) is 0 Å². The van der Waals surface area contributed by atoms with Crippen molar-refractivity contribution in [1.82, 2.24) is 5.32 Å². The van der Waals surface area contributed by atoms with Crippen LogP contribution in [0.15, 0.2) is 72.9 Å². The Labute approximate surface area is 367 Å². The summed E-state index contributed by atoms with van der Waals surface area (Å²) in [7, 11) is -2.67. The van der Waals surface area contributed by atoms with Gasteiger partial charge in [0.15, 0.2) is 6.10 Å². The normalized spacial score (nSPS) is 13.9. The molecule has 346 valence electrons. The van der Waals surface area contributed by atoms with Crippen LogP contribution in [0.5, 0.6) is 0 Å². The zero-order valence-corrected chi connectivity index (χ0v) is 39.3. The summed E-state index contributed by atoms with van der Waals surface area (Å²) in [5, 5.41) is 2.82. The molecule has 0 heterocycles. The second kappa shape index (κ2) is 46.0. The van der Waals surface area contributed by atoms with Gasteiger partial charge < -0.3 is 19.7 Å². The van der Waals surface area contributed by atoms with Crippen molar-refractivity contribution in [2.45, 2.75) is 200 Å². The second-order valence-electron chi connectivity index (χ2n) is 15.6. The van der Waals surface area contributed by atoms with Crippen LogP contribution < -0.4 is 5.32 Å². The van der Waals surface area contributed by atoms with E-state index in [1.165, 1.54) is 89.9 Å².